The molecule has 128 heavy (non-hydrogen) atoms. The van der Waals surface area contributed by atoms with Gasteiger partial charge in [-0.3, -0.25) is 82.6 Å². The Morgan fingerprint density at radius 3 is 1.44 bits per heavy atom. The zero-order valence-corrected chi connectivity index (χ0v) is 75.2. The van der Waals surface area contributed by atoms with Gasteiger partial charge in [-0.05, 0) is 99.7 Å². The van der Waals surface area contributed by atoms with Gasteiger partial charge in [0.1, 0.15) is 59.2 Å². The number of carbonyl (C=O) groups is 15. The van der Waals surface area contributed by atoms with Gasteiger partial charge in [-0.25, -0.2) is 19.9 Å². The van der Waals surface area contributed by atoms with E-state index in [1.54, 1.807) is 64.3 Å². The number of rotatable bonds is 41. The number of ether oxygens (including phenoxy) is 2. The van der Waals surface area contributed by atoms with E-state index in [0.717, 1.165) is 19.0 Å². The van der Waals surface area contributed by atoms with Crippen LogP contribution in [-0.4, -0.2) is 218 Å². The average Bonchev–Trinajstić information content (AvgIpc) is 1.21. The van der Waals surface area contributed by atoms with Crippen LogP contribution < -0.4 is 73.5 Å². The van der Waals surface area contributed by atoms with Crippen LogP contribution in [0.25, 0.3) is 6.08 Å². The van der Waals surface area contributed by atoms with Gasteiger partial charge in [0.15, 0.2) is 11.6 Å². The molecule has 1 aromatic carbocycles. The number of carbonyl (C=O) groups excluding carboxylic acids is 15. The van der Waals surface area contributed by atoms with Gasteiger partial charge in [0.2, 0.25) is 47.3 Å². The predicted molar refractivity (Wildman–Crippen MR) is 472 cm³/mol. The van der Waals surface area contributed by atoms with Gasteiger partial charge in [0.05, 0.1) is 28.9 Å². The quantitative estimate of drug-likeness (QED) is 0.0111. The minimum absolute atomic E-state index is 0.0221. The summed E-state index contributed by atoms with van der Waals surface area (Å²) in [6.07, 6.45) is 15.8. The Kier molecular flexibility index (Phi) is 32.5. The van der Waals surface area contributed by atoms with Crippen LogP contribution in [0.15, 0.2) is 98.2 Å². The topological polar surface area (TPSA) is 534 Å². The third kappa shape index (κ3) is 26.7. The summed E-state index contributed by atoms with van der Waals surface area (Å²) in [5, 5.41) is 34.7. The summed E-state index contributed by atoms with van der Waals surface area (Å²) in [6, 6.07) is 7.53. The van der Waals surface area contributed by atoms with Crippen molar-refractivity contribution in [3.8, 4) is 5.75 Å². The van der Waals surface area contributed by atoms with Crippen molar-refractivity contribution in [2.45, 2.75) is 104 Å². The van der Waals surface area contributed by atoms with Gasteiger partial charge >= 0.3 is 11.9 Å². The molecule has 1 atom stereocenters. The molecule has 13 N–H and O–H groups in total. The lowest BCUT2D eigenvalue weighted by molar-refractivity contribution is -0.142. The fourth-order valence-corrected chi connectivity index (χ4v) is 13.5. The minimum Gasteiger partial charge on any atom is -0.543 e. The highest BCUT2D eigenvalue weighted by atomic mass is 28.4. The number of esters is 2. The van der Waals surface area contributed by atoms with E-state index in [9.17, 15) is 71.9 Å². The number of hydrogen-bond donors (Lipinski definition) is 13. The standard InChI is InChI=1S/C83H108N26O18Si/c1-48(110)125-46-51-33-50(34-52(47-126-49(2)111)69(51)127-128(16,17)83(3,4)5)19-20-66(113)95-57(21-26-86-74(118)61-38-56(43-106(61)12)94-80(124)71-98-64(45-107(71)13)97-67(114)23-28-88-77(121)62-37-55(42-105(62)11)93-79(123)70-85-30-32-102(70)8)72(116)100-81-90-39-63(109(81)15)78(122)92-54-36-60(104(10)41-54)76(120)89-29-24-68(115)99-82-96-58(44-108(82)14)73(117)91-53-35-59(103(9)40-53)75(119)87-27-22-65(112)84-25-18-31-101(6)7/h19-20,30,32-45,57H,18,21-29,31,46-47H2,1-17H3,(H,84,112)(H,86,118)(H,87,119)(H,88,121)(H,89,120)(H,91,117)(H,92,122)(H,93,123)(H,94,124)(H,95,113)(H,97,114)(H,90,100,116)(H,96,99,115)/b20-19+/t57-/m1/s1. The number of aryl methyl sites for hydroxylation is 7. The first-order valence-corrected chi connectivity index (χ1v) is 43.3. The van der Waals surface area contributed by atoms with Crippen molar-refractivity contribution >= 4 is 144 Å². The molecular formula is C83H108N26O18Si. The monoisotopic (exact) mass is 1780 g/mol. The van der Waals surface area contributed by atoms with E-state index in [2.05, 4.69) is 89.1 Å². The van der Waals surface area contributed by atoms with Crippen molar-refractivity contribution < 1.29 is 85.8 Å². The first kappa shape index (κ1) is 96.8. The summed E-state index contributed by atoms with van der Waals surface area (Å²) in [6.45, 7) is 13.1. The number of hydrogen-bond acceptors (Lipinski definition) is 23. The summed E-state index contributed by atoms with van der Waals surface area (Å²) in [5.41, 5.74) is 2.57. The van der Waals surface area contributed by atoms with E-state index in [1.165, 1.54) is 141 Å². The Morgan fingerprint density at radius 1 is 0.477 bits per heavy atom. The van der Waals surface area contributed by atoms with Gasteiger partial charge in [0, 0.05) is 189 Å². The largest absolute Gasteiger partial charge is 0.543 e. The molecule has 44 nitrogen and oxygen atoms in total. The highest BCUT2D eigenvalue weighted by Gasteiger charge is 2.40. The number of nitrogens with one attached hydrogen (secondary N) is 13. The zero-order valence-electron chi connectivity index (χ0n) is 74.2. The van der Waals surface area contributed by atoms with Gasteiger partial charge in [-0.1, -0.05) is 20.8 Å². The maximum absolute atomic E-state index is 14.6. The first-order chi connectivity index (χ1) is 60.4. The molecule has 8 heterocycles. The molecule has 0 aliphatic heterocycles. The molecule has 0 fully saturated rings. The second-order valence-electron chi connectivity index (χ2n) is 31.9. The van der Waals surface area contributed by atoms with Gasteiger partial charge in [-0.15, -0.1) is 0 Å². The third-order valence-corrected chi connectivity index (χ3v) is 24.6. The maximum Gasteiger partial charge on any atom is 0.302 e. The molecule has 0 radical (unpaired) electrons. The molecule has 13 amide bonds. The summed E-state index contributed by atoms with van der Waals surface area (Å²) < 4.78 is 29.1. The van der Waals surface area contributed by atoms with Gasteiger partial charge < -0.3 is 114 Å². The Balaban J connectivity index is 0.807. The second-order valence-corrected chi connectivity index (χ2v) is 36.6. The smallest absolute Gasteiger partial charge is 0.302 e. The van der Waals surface area contributed by atoms with Crippen molar-refractivity contribution in [3.63, 3.8) is 0 Å². The lowest BCUT2D eigenvalue weighted by Crippen LogP contribution is -2.45. The Bertz CT molecular complexity index is 5700. The molecule has 0 unspecified atom stereocenters. The van der Waals surface area contributed by atoms with E-state index in [0.29, 0.717) is 34.7 Å². The van der Waals surface area contributed by atoms with Crippen LogP contribution in [0.2, 0.25) is 18.1 Å². The van der Waals surface area contributed by atoms with Crippen LogP contribution in [0, 0.1) is 0 Å². The number of anilines is 7. The number of aromatic nitrogens is 12. The average molecular weight is 1790 g/mol. The molecule has 0 spiro atoms. The maximum atomic E-state index is 14.6. The molecule has 0 saturated heterocycles. The van der Waals surface area contributed by atoms with E-state index in [4.69, 9.17) is 13.9 Å². The molecule has 0 saturated carbocycles. The van der Waals surface area contributed by atoms with Crippen LogP contribution >= 0.6 is 0 Å². The fourth-order valence-electron chi connectivity index (χ4n) is 12.5. The zero-order chi connectivity index (χ0) is 93.8. The Labute approximate surface area is 736 Å². The van der Waals surface area contributed by atoms with Gasteiger partial charge in [-0.2, -0.15) is 0 Å². The van der Waals surface area contributed by atoms with Crippen LogP contribution in [-0.2, 0) is 113 Å². The van der Waals surface area contributed by atoms with E-state index in [1.807, 2.05) is 52.9 Å². The fraction of sp³-hybridized carbons (Fsp3) is 0.386. The van der Waals surface area contributed by atoms with Crippen molar-refractivity contribution in [1.29, 1.82) is 0 Å². The van der Waals surface area contributed by atoms with Crippen molar-refractivity contribution in [2.24, 2.45) is 56.4 Å². The Hall–Kier alpha value is -15.1. The second kappa shape index (κ2) is 43.0. The Morgan fingerprint density at radius 2 is 0.953 bits per heavy atom. The lowest BCUT2D eigenvalue weighted by Gasteiger charge is -2.37. The SMILES string of the molecule is CC(=O)OCc1cc(/C=C/C(=O)N[C@H](CCNC(=O)c2cc(NC(=O)c3nc(NC(=O)CCNC(=O)c4cc(NC(=O)c5nccn5C)cn4C)cn3C)cn2C)C(=O)Nc2ncc(C(=O)Nc3cc(C(=O)NCCC(=O)Nc4nc(C(=O)Nc5cc(C(=O)NCCC(=O)NCCCN(C)C)n(C)c5)cn4C)n(C)c3)n2C)cc(COC(C)=O)c1O[Si](C)(C)C(C)(C)C. The summed E-state index contributed by atoms with van der Waals surface area (Å²) >= 11 is 0. The van der Waals surface area contributed by atoms with Crippen LogP contribution in [0.4, 0.5) is 40.5 Å². The van der Waals surface area contributed by atoms with E-state index >= 15 is 0 Å². The van der Waals surface area contributed by atoms with Crippen LogP contribution in [0.5, 0.6) is 5.75 Å². The lowest BCUT2D eigenvalue weighted by atomic mass is 10.0. The summed E-state index contributed by atoms with van der Waals surface area (Å²) in [5.74, 6) is -8.69. The van der Waals surface area contributed by atoms with Gasteiger partial charge in [0.25, 0.3) is 55.6 Å². The van der Waals surface area contributed by atoms with Crippen LogP contribution in [0.3, 0.4) is 0 Å². The number of nitrogens with zero attached hydrogens (tertiary/aromatic N) is 13. The molecule has 0 aliphatic rings. The molecule has 682 valence electrons. The number of amides is 13. The van der Waals surface area contributed by atoms with Crippen molar-refractivity contribution in [1.82, 2.24) is 93.3 Å². The molecule has 0 bridgehead atoms. The molecule has 8 aromatic heterocycles. The predicted octanol–water partition coefficient (Wildman–Crippen LogP) is 4.16. The molecular weight excluding hydrogens is 1680 g/mol. The molecule has 45 heteroatoms. The first-order valence-electron chi connectivity index (χ1n) is 40.4. The minimum atomic E-state index is -2.61. The highest BCUT2D eigenvalue weighted by molar-refractivity contribution is 6.74. The van der Waals surface area contributed by atoms with Crippen molar-refractivity contribution in [3.05, 3.63) is 161 Å². The van der Waals surface area contributed by atoms with E-state index in [-0.39, 0.29) is 157 Å². The molecule has 9 aromatic rings. The van der Waals surface area contributed by atoms with E-state index < -0.39 is 97.2 Å². The molecule has 0 aliphatic carbocycles. The molecule has 9 rings (SSSR count). The normalized spacial score (nSPS) is 11.6. The van der Waals surface area contributed by atoms with Crippen molar-refractivity contribution in [2.75, 3.05) is 90.6 Å². The summed E-state index contributed by atoms with van der Waals surface area (Å²) in [7, 11) is 13.8. The highest BCUT2D eigenvalue weighted by Crippen LogP contribution is 2.41. The third-order valence-electron chi connectivity index (χ3n) is 20.3. The van der Waals surface area contributed by atoms with Crippen LogP contribution in [0.1, 0.15) is 168 Å². The summed E-state index contributed by atoms with van der Waals surface area (Å²) in [4.78, 5) is 218. The number of benzene rings is 1. The number of imidazole rings is 4.